The second-order valence-electron chi connectivity index (χ2n) is 12.2. The number of esters is 2. The topological polar surface area (TPSA) is 119 Å². The van der Waals surface area contributed by atoms with Gasteiger partial charge in [0.25, 0.3) is 0 Å². The van der Waals surface area contributed by atoms with Crippen molar-refractivity contribution in [3.63, 3.8) is 0 Å². The van der Waals surface area contributed by atoms with E-state index in [1.54, 1.807) is 0 Å². The molecule has 1 atom stereocenters. The Hall–Kier alpha value is -1.99. The molecule has 2 N–H and O–H groups in total. The molecule has 0 saturated carbocycles. The van der Waals surface area contributed by atoms with Gasteiger partial charge in [0, 0.05) is 12.8 Å². The number of ether oxygens (including phenoxy) is 2. The lowest BCUT2D eigenvalue weighted by atomic mass is 10.1. The fourth-order valence-electron chi connectivity index (χ4n) is 4.83. The molecular weight excluding hydrogens is 615 g/mol. The molecule has 47 heavy (non-hydrogen) atoms. The maximum atomic E-state index is 12.3. The van der Waals surface area contributed by atoms with E-state index in [-0.39, 0.29) is 19.4 Å². The van der Waals surface area contributed by atoms with Crippen LogP contribution >= 0.6 is 7.82 Å². The Labute approximate surface area is 286 Å². The molecule has 0 rings (SSSR count). The van der Waals surface area contributed by atoms with E-state index in [9.17, 15) is 14.2 Å². The van der Waals surface area contributed by atoms with Crippen LogP contribution in [0.5, 0.6) is 0 Å². The van der Waals surface area contributed by atoms with Crippen molar-refractivity contribution < 1.29 is 37.9 Å². The predicted molar refractivity (Wildman–Crippen MR) is 193 cm³/mol. The summed E-state index contributed by atoms with van der Waals surface area (Å²) >= 11 is 0. The molecule has 0 aromatic heterocycles. The zero-order chi connectivity index (χ0) is 34.7. The lowest BCUT2D eigenvalue weighted by Gasteiger charge is -2.18. The van der Waals surface area contributed by atoms with E-state index in [0.717, 1.165) is 57.8 Å². The molecular formula is C38H67O8P. The summed E-state index contributed by atoms with van der Waals surface area (Å²) in [5.74, 6) is -0.925. The average Bonchev–Trinajstić information content (AvgIpc) is 3.04. The van der Waals surface area contributed by atoms with E-state index in [4.69, 9.17) is 19.3 Å². The van der Waals surface area contributed by atoms with Crippen LogP contribution in [0.3, 0.4) is 0 Å². The molecule has 0 saturated heterocycles. The Balaban J connectivity index is 4.03. The highest BCUT2D eigenvalue weighted by Crippen LogP contribution is 2.36. The fraction of sp³-hybridized carbons (Fsp3) is 0.737. The second-order valence-corrected chi connectivity index (χ2v) is 13.4. The highest BCUT2D eigenvalue weighted by Gasteiger charge is 2.22. The highest BCUT2D eigenvalue weighted by molar-refractivity contribution is 7.46. The molecule has 0 aliphatic heterocycles. The summed E-state index contributed by atoms with van der Waals surface area (Å²) < 4.78 is 26.2. The van der Waals surface area contributed by atoms with E-state index in [0.29, 0.717) is 12.8 Å². The molecule has 0 radical (unpaired) electrons. The van der Waals surface area contributed by atoms with Crippen LogP contribution < -0.4 is 0 Å². The molecule has 0 aliphatic carbocycles. The first-order valence-corrected chi connectivity index (χ1v) is 20.0. The maximum Gasteiger partial charge on any atom is 0.469 e. The van der Waals surface area contributed by atoms with Crippen LogP contribution in [-0.4, -0.2) is 41.0 Å². The molecule has 8 nitrogen and oxygen atoms in total. The number of allylic oxidation sites excluding steroid dienone is 8. The van der Waals surface area contributed by atoms with Crippen molar-refractivity contribution in [1.29, 1.82) is 0 Å². The Morgan fingerprint density at radius 1 is 0.553 bits per heavy atom. The molecule has 0 spiro atoms. The van der Waals surface area contributed by atoms with Gasteiger partial charge >= 0.3 is 19.8 Å². The Morgan fingerprint density at radius 3 is 1.47 bits per heavy atom. The van der Waals surface area contributed by atoms with Crippen molar-refractivity contribution in [2.75, 3.05) is 13.2 Å². The summed E-state index contributed by atoms with van der Waals surface area (Å²) in [7, 11) is -4.75. The van der Waals surface area contributed by atoms with Crippen molar-refractivity contribution in [1.82, 2.24) is 0 Å². The third-order valence-electron chi connectivity index (χ3n) is 7.60. The van der Waals surface area contributed by atoms with Crippen LogP contribution in [0.25, 0.3) is 0 Å². The molecule has 0 aromatic carbocycles. The van der Waals surface area contributed by atoms with E-state index < -0.39 is 32.5 Å². The van der Waals surface area contributed by atoms with E-state index in [1.807, 2.05) is 0 Å². The normalized spacial score (nSPS) is 13.0. The SMILES string of the molecule is CCCCC/C=C\C/C=C\C/C=C\C/C=C\CCCCCC(=O)OC[C@H](COP(=O)(O)O)OC(=O)CCCCCCCCCCCC. The number of hydrogen-bond acceptors (Lipinski definition) is 6. The summed E-state index contributed by atoms with van der Waals surface area (Å²) in [5.41, 5.74) is 0. The quantitative estimate of drug-likeness (QED) is 0.0304. The number of phosphoric acid groups is 1. The van der Waals surface area contributed by atoms with Crippen LogP contribution in [0, 0.1) is 0 Å². The molecule has 0 aliphatic rings. The summed E-state index contributed by atoms with van der Waals surface area (Å²) in [6.45, 7) is 3.59. The van der Waals surface area contributed by atoms with Crippen molar-refractivity contribution >= 4 is 19.8 Å². The molecule has 0 bridgehead atoms. The van der Waals surface area contributed by atoms with Gasteiger partial charge in [-0.25, -0.2) is 4.57 Å². The molecule has 0 fully saturated rings. The first-order valence-electron chi connectivity index (χ1n) is 18.4. The zero-order valence-electron chi connectivity index (χ0n) is 29.7. The Kier molecular flexibility index (Phi) is 32.5. The molecule has 0 heterocycles. The van der Waals surface area contributed by atoms with E-state index in [1.165, 1.54) is 64.2 Å². The monoisotopic (exact) mass is 682 g/mol. The third kappa shape index (κ3) is 36.7. The largest absolute Gasteiger partial charge is 0.469 e. The number of carbonyl (C=O) groups excluding carboxylic acids is 2. The minimum absolute atomic E-state index is 0.205. The van der Waals surface area contributed by atoms with E-state index >= 15 is 0 Å². The van der Waals surface area contributed by atoms with Crippen LogP contribution in [0.4, 0.5) is 0 Å². The van der Waals surface area contributed by atoms with Gasteiger partial charge in [0.15, 0.2) is 6.10 Å². The molecule has 9 heteroatoms. The maximum absolute atomic E-state index is 12.3. The summed E-state index contributed by atoms with van der Waals surface area (Å²) in [5, 5.41) is 0. The van der Waals surface area contributed by atoms with E-state index in [2.05, 4.69) is 67.0 Å². The van der Waals surface area contributed by atoms with Gasteiger partial charge in [-0.15, -0.1) is 0 Å². The van der Waals surface area contributed by atoms with Gasteiger partial charge in [0.2, 0.25) is 0 Å². The predicted octanol–water partition coefficient (Wildman–Crippen LogP) is 10.8. The molecule has 0 amide bonds. The van der Waals surface area contributed by atoms with Crippen LogP contribution in [0.2, 0.25) is 0 Å². The smallest absolute Gasteiger partial charge is 0.462 e. The minimum Gasteiger partial charge on any atom is -0.462 e. The Bertz CT molecular complexity index is 905. The number of carbonyl (C=O) groups is 2. The van der Waals surface area contributed by atoms with Gasteiger partial charge in [-0.1, -0.05) is 140 Å². The van der Waals surface area contributed by atoms with Crippen LogP contribution in [0.15, 0.2) is 48.6 Å². The number of phosphoric ester groups is 1. The van der Waals surface area contributed by atoms with Gasteiger partial charge in [0.1, 0.15) is 6.61 Å². The van der Waals surface area contributed by atoms with Crippen molar-refractivity contribution in [2.45, 2.75) is 168 Å². The standard InChI is InChI=1S/C38H67O8P/c1-3-5-7-9-11-13-15-16-17-18-19-20-21-22-23-25-26-28-30-32-37(39)44-34-36(35-45-47(41,42)43)46-38(40)33-31-29-27-24-14-12-10-8-6-4-2/h11,13,16-17,19-20,22-23,36H,3-10,12,14-15,18,21,24-35H2,1-2H3,(H2,41,42,43)/b13-11-,17-16-,20-19-,23-22-/t36-/m1/s1. The number of rotatable bonds is 33. The summed E-state index contributed by atoms with van der Waals surface area (Å²) in [6, 6.07) is 0. The van der Waals surface area contributed by atoms with Gasteiger partial charge in [-0.3, -0.25) is 14.1 Å². The lowest BCUT2D eigenvalue weighted by molar-refractivity contribution is -0.161. The first-order chi connectivity index (χ1) is 22.8. The van der Waals surface area contributed by atoms with Gasteiger partial charge in [-0.05, 0) is 57.8 Å². The first kappa shape index (κ1) is 45.0. The Morgan fingerprint density at radius 2 is 0.957 bits per heavy atom. The molecule has 0 aromatic rings. The minimum atomic E-state index is -4.75. The highest BCUT2D eigenvalue weighted by atomic mass is 31.2. The second kappa shape index (κ2) is 33.9. The van der Waals surface area contributed by atoms with Gasteiger partial charge < -0.3 is 19.3 Å². The van der Waals surface area contributed by atoms with Crippen LogP contribution in [0.1, 0.15) is 162 Å². The van der Waals surface area contributed by atoms with Crippen LogP contribution in [-0.2, 0) is 28.2 Å². The van der Waals surface area contributed by atoms with Gasteiger partial charge in [0.05, 0.1) is 6.61 Å². The van der Waals surface area contributed by atoms with Crippen molar-refractivity contribution in [3.05, 3.63) is 48.6 Å². The summed E-state index contributed by atoms with van der Waals surface area (Å²) in [6.07, 6.45) is 39.8. The van der Waals surface area contributed by atoms with Crippen molar-refractivity contribution in [2.24, 2.45) is 0 Å². The van der Waals surface area contributed by atoms with Crippen molar-refractivity contribution in [3.8, 4) is 0 Å². The average molecular weight is 683 g/mol. The number of hydrogen-bond donors (Lipinski definition) is 2. The summed E-state index contributed by atoms with van der Waals surface area (Å²) in [4.78, 5) is 42.6. The number of unbranched alkanes of at least 4 members (excludes halogenated alkanes) is 15. The van der Waals surface area contributed by atoms with Gasteiger partial charge in [-0.2, -0.15) is 0 Å². The molecule has 0 unspecified atom stereocenters. The third-order valence-corrected chi connectivity index (χ3v) is 8.09. The lowest BCUT2D eigenvalue weighted by Crippen LogP contribution is -2.29. The fourth-order valence-corrected chi connectivity index (χ4v) is 5.19. The molecule has 272 valence electrons. The zero-order valence-corrected chi connectivity index (χ0v) is 30.6.